The Morgan fingerprint density at radius 2 is 1.50 bits per heavy atom. The minimum Gasteiger partial charge on any atom is -0.322 e. The maximum Gasteiger partial charge on any atom is 0.0482 e. The van der Waals surface area contributed by atoms with Gasteiger partial charge in [0.15, 0.2) is 0 Å². The summed E-state index contributed by atoms with van der Waals surface area (Å²) in [5.41, 5.74) is 12.0. The number of likely N-dealkylation sites (N-methyl/N-ethyl adjacent to an activating group) is 1. The van der Waals surface area contributed by atoms with Gasteiger partial charge in [-0.3, -0.25) is 4.90 Å². The van der Waals surface area contributed by atoms with Crippen molar-refractivity contribution < 1.29 is 0 Å². The van der Waals surface area contributed by atoms with E-state index in [1.54, 1.807) is 0 Å². The molecule has 0 aliphatic rings. The Labute approximate surface area is 125 Å². The maximum absolute atomic E-state index is 6.71. The average molecular weight is 276 g/mol. The Hall–Kier alpha value is -0.860. The van der Waals surface area contributed by atoms with E-state index in [0.29, 0.717) is 0 Å². The predicted octanol–water partition coefficient (Wildman–Crippen LogP) is 4.12. The second-order valence-corrected chi connectivity index (χ2v) is 6.15. The molecule has 2 nitrogen and oxygen atoms in total. The molecule has 0 amide bonds. The highest BCUT2D eigenvalue weighted by Crippen LogP contribution is 2.34. The Balaban J connectivity index is 3.27. The van der Waals surface area contributed by atoms with Crippen molar-refractivity contribution in [2.24, 2.45) is 5.73 Å². The third-order valence-electron chi connectivity index (χ3n) is 5.09. The zero-order valence-electron chi connectivity index (χ0n) is 14.4. The van der Waals surface area contributed by atoms with Crippen LogP contribution in [0.3, 0.4) is 0 Å². The molecule has 2 N–H and O–H groups in total. The first kappa shape index (κ1) is 17.2. The lowest BCUT2D eigenvalue weighted by molar-refractivity contribution is 0.0842. The van der Waals surface area contributed by atoms with Crippen LogP contribution < -0.4 is 5.73 Å². The highest BCUT2D eigenvalue weighted by Gasteiger charge is 2.36. The van der Waals surface area contributed by atoms with Crippen molar-refractivity contribution in [1.29, 1.82) is 0 Å². The quantitative estimate of drug-likeness (QED) is 0.846. The van der Waals surface area contributed by atoms with Crippen LogP contribution in [0.25, 0.3) is 0 Å². The minimum absolute atomic E-state index is 0.00988. The second-order valence-electron chi connectivity index (χ2n) is 6.15. The van der Waals surface area contributed by atoms with E-state index in [0.717, 1.165) is 19.5 Å². The van der Waals surface area contributed by atoms with E-state index in [9.17, 15) is 0 Å². The predicted molar refractivity (Wildman–Crippen MR) is 89.2 cm³/mol. The molecule has 0 fully saturated rings. The van der Waals surface area contributed by atoms with E-state index in [1.807, 2.05) is 0 Å². The lowest BCUT2D eigenvalue weighted by Gasteiger charge is -2.45. The fraction of sp³-hybridized carbons (Fsp3) is 0.667. The van der Waals surface area contributed by atoms with Crippen molar-refractivity contribution in [3.8, 4) is 0 Å². The molecule has 114 valence electrons. The van der Waals surface area contributed by atoms with Crippen LogP contribution in [0.1, 0.15) is 62.4 Å². The summed E-state index contributed by atoms with van der Waals surface area (Å²) in [6.07, 6.45) is 1.06. The maximum atomic E-state index is 6.71. The molecule has 1 aromatic carbocycles. The van der Waals surface area contributed by atoms with Gasteiger partial charge in [-0.2, -0.15) is 0 Å². The monoisotopic (exact) mass is 276 g/mol. The standard InChI is InChI=1S/C18H32N2/c1-8-18(7,20(9-2)10-3)17(19)16-12-14(5)13(4)11-15(16)6/h11-12,17H,8-10,19H2,1-7H3. The van der Waals surface area contributed by atoms with Crippen LogP contribution in [-0.4, -0.2) is 23.5 Å². The first-order valence-corrected chi connectivity index (χ1v) is 7.90. The van der Waals surface area contributed by atoms with Gasteiger partial charge in [-0.15, -0.1) is 0 Å². The fourth-order valence-corrected chi connectivity index (χ4v) is 3.24. The van der Waals surface area contributed by atoms with E-state index >= 15 is 0 Å². The van der Waals surface area contributed by atoms with E-state index in [4.69, 9.17) is 5.73 Å². The first-order chi connectivity index (χ1) is 9.31. The summed E-state index contributed by atoms with van der Waals surface area (Å²) < 4.78 is 0. The van der Waals surface area contributed by atoms with Gasteiger partial charge in [-0.05, 0) is 69.5 Å². The number of hydrogen-bond acceptors (Lipinski definition) is 2. The van der Waals surface area contributed by atoms with Gasteiger partial charge in [0.2, 0.25) is 0 Å². The lowest BCUT2D eigenvalue weighted by atomic mass is 9.81. The summed E-state index contributed by atoms with van der Waals surface area (Å²) in [6.45, 7) is 17.6. The molecule has 2 heteroatoms. The third kappa shape index (κ3) is 3.07. The van der Waals surface area contributed by atoms with Gasteiger partial charge in [0.05, 0.1) is 0 Å². The smallest absolute Gasteiger partial charge is 0.0482 e. The molecule has 0 spiro atoms. The number of hydrogen-bond donors (Lipinski definition) is 1. The molecular weight excluding hydrogens is 244 g/mol. The van der Waals surface area contributed by atoms with Crippen molar-refractivity contribution in [3.05, 3.63) is 34.4 Å². The van der Waals surface area contributed by atoms with Gasteiger partial charge in [0, 0.05) is 11.6 Å². The van der Waals surface area contributed by atoms with Crippen molar-refractivity contribution >= 4 is 0 Å². The van der Waals surface area contributed by atoms with Crippen LogP contribution in [0.5, 0.6) is 0 Å². The van der Waals surface area contributed by atoms with E-state index < -0.39 is 0 Å². The van der Waals surface area contributed by atoms with E-state index in [2.05, 4.69) is 65.5 Å². The molecule has 20 heavy (non-hydrogen) atoms. The van der Waals surface area contributed by atoms with Gasteiger partial charge >= 0.3 is 0 Å². The molecule has 0 bridgehead atoms. The molecule has 1 rings (SSSR count). The summed E-state index contributed by atoms with van der Waals surface area (Å²) in [5.74, 6) is 0. The molecular formula is C18H32N2. The first-order valence-electron chi connectivity index (χ1n) is 7.90. The van der Waals surface area contributed by atoms with Crippen LogP contribution in [0.2, 0.25) is 0 Å². The average Bonchev–Trinajstić information content (AvgIpc) is 2.43. The zero-order chi connectivity index (χ0) is 15.5. The lowest BCUT2D eigenvalue weighted by Crippen LogP contribution is -2.53. The summed E-state index contributed by atoms with van der Waals surface area (Å²) in [4.78, 5) is 2.49. The van der Waals surface area contributed by atoms with Gasteiger partial charge in [0.1, 0.15) is 0 Å². The SMILES string of the molecule is CCN(CC)C(C)(CC)C(N)c1cc(C)c(C)cc1C. The number of rotatable bonds is 6. The number of nitrogens with two attached hydrogens (primary N) is 1. The highest BCUT2D eigenvalue weighted by molar-refractivity contribution is 5.39. The summed E-state index contributed by atoms with van der Waals surface area (Å²) >= 11 is 0. The normalized spacial score (nSPS) is 16.2. The Morgan fingerprint density at radius 1 is 1.00 bits per heavy atom. The molecule has 0 aromatic heterocycles. The van der Waals surface area contributed by atoms with Gasteiger partial charge in [0.25, 0.3) is 0 Å². The largest absolute Gasteiger partial charge is 0.322 e. The topological polar surface area (TPSA) is 29.3 Å². The van der Waals surface area contributed by atoms with Crippen LogP contribution in [-0.2, 0) is 0 Å². The Bertz CT molecular complexity index is 449. The summed E-state index contributed by atoms with van der Waals surface area (Å²) in [6, 6.07) is 4.60. The molecule has 2 atom stereocenters. The van der Waals surface area contributed by atoms with Crippen molar-refractivity contribution in [1.82, 2.24) is 4.90 Å². The summed E-state index contributed by atoms with van der Waals surface area (Å²) in [5, 5.41) is 0. The molecule has 0 radical (unpaired) electrons. The minimum atomic E-state index is 0.00988. The van der Waals surface area contributed by atoms with E-state index in [1.165, 1.54) is 22.3 Å². The molecule has 1 aromatic rings. The third-order valence-corrected chi connectivity index (χ3v) is 5.09. The summed E-state index contributed by atoms with van der Waals surface area (Å²) in [7, 11) is 0. The van der Waals surface area contributed by atoms with Crippen LogP contribution in [0.4, 0.5) is 0 Å². The molecule has 0 aliphatic carbocycles. The van der Waals surface area contributed by atoms with Crippen LogP contribution in [0.15, 0.2) is 12.1 Å². The molecule has 2 unspecified atom stereocenters. The molecule has 0 aliphatic heterocycles. The molecule has 0 saturated heterocycles. The van der Waals surface area contributed by atoms with Crippen molar-refractivity contribution in [2.45, 2.75) is 66.5 Å². The van der Waals surface area contributed by atoms with Crippen molar-refractivity contribution in [2.75, 3.05) is 13.1 Å². The van der Waals surface area contributed by atoms with Gasteiger partial charge in [-0.25, -0.2) is 0 Å². The number of aryl methyl sites for hydroxylation is 3. The Morgan fingerprint density at radius 3 is 1.95 bits per heavy atom. The van der Waals surface area contributed by atoms with Crippen LogP contribution >= 0.6 is 0 Å². The zero-order valence-corrected chi connectivity index (χ0v) is 14.4. The van der Waals surface area contributed by atoms with Crippen molar-refractivity contribution in [3.63, 3.8) is 0 Å². The fourth-order valence-electron chi connectivity index (χ4n) is 3.24. The van der Waals surface area contributed by atoms with E-state index in [-0.39, 0.29) is 11.6 Å². The number of benzene rings is 1. The highest BCUT2D eigenvalue weighted by atomic mass is 15.2. The number of nitrogens with zero attached hydrogens (tertiary/aromatic N) is 1. The second kappa shape index (κ2) is 6.73. The molecule has 0 heterocycles. The Kier molecular flexibility index (Phi) is 5.79. The molecule has 0 saturated carbocycles. The van der Waals surface area contributed by atoms with Crippen LogP contribution in [0, 0.1) is 20.8 Å². The van der Waals surface area contributed by atoms with Gasteiger partial charge < -0.3 is 5.73 Å². The van der Waals surface area contributed by atoms with Gasteiger partial charge in [-0.1, -0.05) is 32.9 Å².